The summed E-state index contributed by atoms with van der Waals surface area (Å²) in [7, 11) is -7.37. The van der Waals surface area contributed by atoms with Crippen molar-refractivity contribution in [1.29, 1.82) is 0 Å². The van der Waals surface area contributed by atoms with Crippen LogP contribution in [-0.2, 0) is 26.5 Å². The number of anilines is 1. The number of carbonyl (C=O) groups is 1. The molecule has 0 saturated heterocycles. The zero-order valence-electron chi connectivity index (χ0n) is 15.6. The second-order valence-electron chi connectivity index (χ2n) is 6.31. The van der Waals surface area contributed by atoms with Gasteiger partial charge in [-0.1, -0.05) is 18.2 Å². The summed E-state index contributed by atoms with van der Waals surface area (Å²) in [4.78, 5) is 12.3. The molecule has 1 aromatic heterocycles. The summed E-state index contributed by atoms with van der Waals surface area (Å²) in [5.74, 6) is -0.302. The summed E-state index contributed by atoms with van der Waals surface area (Å²) in [6, 6.07) is 15.4. The first-order valence-corrected chi connectivity index (χ1v) is 12.6. The molecule has 0 aliphatic carbocycles. The Morgan fingerprint density at radius 2 is 1.60 bits per heavy atom. The molecule has 0 bridgehead atoms. The Morgan fingerprint density at radius 1 is 0.933 bits per heavy atom. The molecule has 1 amide bonds. The van der Waals surface area contributed by atoms with Crippen molar-refractivity contribution in [3.63, 3.8) is 0 Å². The Labute approximate surface area is 178 Å². The molecular weight excluding hydrogens is 446 g/mol. The van der Waals surface area contributed by atoms with E-state index in [0.29, 0.717) is 24.2 Å². The lowest BCUT2D eigenvalue weighted by Crippen LogP contribution is -2.25. The molecule has 1 heterocycles. The second-order valence-corrected chi connectivity index (χ2v) is 10.7. The fourth-order valence-electron chi connectivity index (χ4n) is 2.58. The van der Waals surface area contributed by atoms with Crippen molar-refractivity contribution in [2.45, 2.75) is 15.5 Å². The standard InChI is InChI=1S/C19H19N3O5S3/c20-29(24,25)17-9-3-14(4-10-17)11-12-21-19(23)15-5-7-16(8-6-15)22-30(26,27)18-2-1-13-28-18/h1-10,13,22H,11-12H2,(H,21,23)(H2,20,24,25). The van der Waals surface area contributed by atoms with Crippen LogP contribution in [0.4, 0.5) is 5.69 Å². The summed E-state index contributed by atoms with van der Waals surface area (Å²) in [5.41, 5.74) is 1.59. The van der Waals surface area contributed by atoms with Crippen LogP contribution in [-0.4, -0.2) is 29.3 Å². The van der Waals surface area contributed by atoms with E-state index in [2.05, 4.69) is 10.0 Å². The lowest BCUT2D eigenvalue weighted by Gasteiger charge is -2.08. The summed E-state index contributed by atoms with van der Waals surface area (Å²) in [5, 5.41) is 9.50. The number of sulfonamides is 2. The lowest BCUT2D eigenvalue weighted by atomic mass is 10.1. The third-order valence-corrected chi connectivity index (χ3v) is 7.82. The predicted molar refractivity (Wildman–Crippen MR) is 115 cm³/mol. The molecule has 0 radical (unpaired) electrons. The Morgan fingerprint density at radius 3 is 2.17 bits per heavy atom. The Balaban J connectivity index is 1.53. The molecule has 158 valence electrons. The molecule has 0 saturated carbocycles. The van der Waals surface area contributed by atoms with E-state index in [0.717, 1.165) is 16.9 Å². The topological polar surface area (TPSA) is 135 Å². The van der Waals surface area contributed by atoms with Crippen LogP contribution in [0.25, 0.3) is 0 Å². The Bertz CT molecular complexity index is 1220. The van der Waals surface area contributed by atoms with Gasteiger partial charge < -0.3 is 5.32 Å². The van der Waals surface area contributed by atoms with Gasteiger partial charge in [0.1, 0.15) is 4.21 Å². The van der Waals surface area contributed by atoms with E-state index in [-0.39, 0.29) is 15.0 Å². The normalized spacial score (nSPS) is 11.8. The quantitative estimate of drug-likeness (QED) is 0.468. The highest BCUT2D eigenvalue weighted by Crippen LogP contribution is 2.20. The van der Waals surface area contributed by atoms with Crippen LogP contribution in [0.2, 0.25) is 0 Å². The largest absolute Gasteiger partial charge is 0.352 e. The van der Waals surface area contributed by atoms with Gasteiger partial charge in [-0.25, -0.2) is 22.0 Å². The molecule has 3 rings (SSSR count). The SMILES string of the molecule is NS(=O)(=O)c1ccc(CCNC(=O)c2ccc(NS(=O)(=O)c3cccs3)cc2)cc1. The number of amides is 1. The van der Waals surface area contributed by atoms with Gasteiger partial charge in [-0.05, 0) is 59.8 Å². The van der Waals surface area contributed by atoms with Crippen molar-refractivity contribution in [3.8, 4) is 0 Å². The van der Waals surface area contributed by atoms with Crippen LogP contribution in [0.1, 0.15) is 15.9 Å². The summed E-state index contributed by atoms with van der Waals surface area (Å²) in [6.45, 7) is 0.348. The smallest absolute Gasteiger partial charge is 0.271 e. The van der Waals surface area contributed by atoms with Gasteiger partial charge in [-0.3, -0.25) is 9.52 Å². The fraction of sp³-hybridized carbons (Fsp3) is 0.105. The first kappa shape index (κ1) is 22.0. The highest BCUT2D eigenvalue weighted by molar-refractivity contribution is 7.94. The lowest BCUT2D eigenvalue weighted by molar-refractivity contribution is 0.0954. The number of carbonyl (C=O) groups excluding carboxylic acids is 1. The van der Waals surface area contributed by atoms with Crippen molar-refractivity contribution in [2.24, 2.45) is 5.14 Å². The third-order valence-electron chi connectivity index (χ3n) is 4.11. The van der Waals surface area contributed by atoms with E-state index < -0.39 is 20.0 Å². The first-order valence-electron chi connectivity index (χ1n) is 8.71. The molecule has 11 heteroatoms. The van der Waals surface area contributed by atoms with Gasteiger partial charge >= 0.3 is 0 Å². The van der Waals surface area contributed by atoms with Crippen molar-refractivity contribution in [2.75, 3.05) is 11.3 Å². The van der Waals surface area contributed by atoms with Crippen LogP contribution < -0.4 is 15.2 Å². The average molecular weight is 466 g/mol. The van der Waals surface area contributed by atoms with E-state index in [9.17, 15) is 21.6 Å². The number of thiophene rings is 1. The van der Waals surface area contributed by atoms with Gasteiger partial charge in [-0.15, -0.1) is 11.3 Å². The second kappa shape index (κ2) is 8.96. The van der Waals surface area contributed by atoms with Crippen molar-refractivity contribution < 1.29 is 21.6 Å². The minimum Gasteiger partial charge on any atom is -0.352 e. The molecule has 2 aromatic carbocycles. The number of hydrogen-bond donors (Lipinski definition) is 3. The van der Waals surface area contributed by atoms with Gasteiger partial charge in [0.05, 0.1) is 4.90 Å². The number of nitrogens with two attached hydrogens (primary N) is 1. The molecular formula is C19H19N3O5S3. The van der Waals surface area contributed by atoms with Gasteiger partial charge in [0.15, 0.2) is 0 Å². The molecule has 0 aliphatic heterocycles. The van der Waals surface area contributed by atoms with Crippen LogP contribution in [0.3, 0.4) is 0 Å². The van der Waals surface area contributed by atoms with E-state index in [4.69, 9.17) is 5.14 Å². The molecule has 4 N–H and O–H groups in total. The van der Waals surface area contributed by atoms with E-state index in [1.807, 2.05) is 0 Å². The van der Waals surface area contributed by atoms with Crippen LogP contribution >= 0.6 is 11.3 Å². The van der Waals surface area contributed by atoms with E-state index in [1.54, 1.807) is 23.6 Å². The van der Waals surface area contributed by atoms with Crippen molar-refractivity contribution >= 4 is 43.0 Å². The molecule has 0 spiro atoms. The number of nitrogens with one attached hydrogen (secondary N) is 2. The molecule has 0 aliphatic rings. The fourth-order valence-corrected chi connectivity index (χ4v) is 5.15. The zero-order valence-corrected chi connectivity index (χ0v) is 18.1. The van der Waals surface area contributed by atoms with Crippen LogP contribution in [0.15, 0.2) is 75.1 Å². The maximum absolute atomic E-state index is 12.3. The van der Waals surface area contributed by atoms with Gasteiger partial charge in [0, 0.05) is 17.8 Å². The summed E-state index contributed by atoms with van der Waals surface area (Å²) >= 11 is 1.12. The maximum Gasteiger partial charge on any atom is 0.271 e. The van der Waals surface area contributed by atoms with Gasteiger partial charge in [-0.2, -0.15) is 0 Å². The van der Waals surface area contributed by atoms with Gasteiger partial charge in [0.25, 0.3) is 15.9 Å². The number of rotatable bonds is 8. The highest BCUT2D eigenvalue weighted by atomic mass is 32.2. The monoisotopic (exact) mass is 465 g/mol. The average Bonchev–Trinajstić information content (AvgIpc) is 3.24. The zero-order chi connectivity index (χ0) is 21.8. The minimum absolute atomic E-state index is 0.0325. The molecule has 3 aromatic rings. The molecule has 8 nitrogen and oxygen atoms in total. The number of primary sulfonamides is 1. The molecule has 0 atom stereocenters. The van der Waals surface area contributed by atoms with Crippen LogP contribution in [0.5, 0.6) is 0 Å². The van der Waals surface area contributed by atoms with Crippen LogP contribution in [0, 0.1) is 0 Å². The summed E-state index contributed by atoms with van der Waals surface area (Å²) < 4.78 is 49.6. The Hall–Kier alpha value is -2.73. The maximum atomic E-state index is 12.3. The van der Waals surface area contributed by atoms with Gasteiger partial charge in [0.2, 0.25) is 10.0 Å². The Kier molecular flexibility index (Phi) is 6.56. The first-order chi connectivity index (χ1) is 14.1. The summed E-state index contributed by atoms with van der Waals surface area (Å²) in [6.07, 6.45) is 0.509. The van der Waals surface area contributed by atoms with Crippen molar-refractivity contribution in [3.05, 3.63) is 77.2 Å². The highest BCUT2D eigenvalue weighted by Gasteiger charge is 2.15. The number of benzene rings is 2. The minimum atomic E-state index is -3.73. The molecule has 0 fully saturated rings. The predicted octanol–water partition coefficient (Wildman–Crippen LogP) is 2.17. The van der Waals surface area contributed by atoms with E-state index >= 15 is 0 Å². The molecule has 0 unspecified atom stereocenters. The van der Waals surface area contributed by atoms with E-state index in [1.165, 1.54) is 42.5 Å². The van der Waals surface area contributed by atoms with Crippen molar-refractivity contribution in [1.82, 2.24) is 5.32 Å². The third kappa shape index (κ3) is 5.66. The molecule has 30 heavy (non-hydrogen) atoms. The number of hydrogen-bond acceptors (Lipinski definition) is 6.